The number of carbonyl (C=O) groups excluding carboxylic acids is 2. The Balaban J connectivity index is 1.21. The highest BCUT2D eigenvalue weighted by molar-refractivity contribution is 7.10. The van der Waals surface area contributed by atoms with Gasteiger partial charge < -0.3 is 9.80 Å². The quantitative estimate of drug-likeness (QED) is 0.507. The summed E-state index contributed by atoms with van der Waals surface area (Å²) in [5.74, 6) is 0.198. The average molecular weight is 502 g/mol. The highest BCUT2D eigenvalue weighted by Gasteiger charge is 2.33. The molecule has 2 aliphatic heterocycles. The van der Waals surface area contributed by atoms with Gasteiger partial charge in [-0.1, -0.05) is 63.2 Å². The van der Waals surface area contributed by atoms with Crippen LogP contribution in [0.4, 0.5) is 0 Å². The van der Waals surface area contributed by atoms with E-state index in [1.54, 1.807) is 0 Å². The predicted molar refractivity (Wildman–Crippen MR) is 146 cm³/mol. The van der Waals surface area contributed by atoms with Crippen molar-refractivity contribution in [3.63, 3.8) is 0 Å². The molecule has 0 spiro atoms. The third-order valence-corrected chi connectivity index (χ3v) is 8.43. The summed E-state index contributed by atoms with van der Waals surface area (Å²) in [4.78, 5) is 34.0. The molecule has 5 nitrogen and oxygen atoms in total. The summed E-state index contributed by atoms with van der Waals surface area (Å²) in [7, 11) is 0. The number of carbonyl (C=O) groups is 2. The van der Waals surface area contributed by atoms with Crippen LogP contribution in [0.2, 0.25) is 0 Å². The Labute approximate surface area is 218 Å². The minimum Gasteiger partial charge on any atom is -0.338 e. The van der Waals surface area contributed by atoms with E-state index >= 15 is 0 Å². The van der Waals surface area contributed by atoms with E-state index < -0.39 is 0 Å². The van der Waals surface area contributed by atoms with Crippen LogP contribution in [-0.2, 0) is 16.6 Å². The summed E-state index contributed by atoms with van der Waals surface area (Å²) >= 11 is 1.82. The third-order valence-electron chi connectivity index (χ3n) is 7.44. The lowest BCUT2D eigenvalue weighted by molar-refractivity contribution is -0.134. The first-order valence-electron chi connectivity index (χ1n) is 12.8. The lowest BCUT2D eigenvalue weighted by atomic mass is 9.86. The summed E-state index contributed by atoms with van der Waals surface area (Å²) < 4.78 is 0. The van der Waals surface area contributed by atoms with Crippen LogP contribution >= 0.6 is 11.3 Å². The van der Waals surface area contributed by atoms with Gasteiger partial charge in [0.1, 0.15) is 0 Å². The fraction of sp³-hybridized carbons (Fsp3) is 0.400. The van der Waals surface area contributed by atoms with Crippen molar-refractivity contribution in [1.82, 2.24) is 14.7 Å². The molecule has 1 atom stereocenters. The second kappa shape index (κ2) is 10.2. The van der Waals surface area contributed by atoms with Crippen molar-refractivity contribution in [2.75, 3.05) is 39.3 Å². The maximum absolute atomic E-state index is 13.4. The van der Waals surface area contributed by atoms with Crippen molar-refractivity contribution in [3.8, 4) is 0 Å². The van der Waals surface area contributed by atoms with Crippen LogP contribution in [0.1, 0.15) is 58.7 Å². The normalized spacial score (nSPS) is 18.7. The lowest BCUT2D eigenvalue weighted by Gasteiger charge is -2.39. The summed E-state index contributed by atoms with van der Waals surface area (Å²) in [5.41, 5.74) is 4.56. The average Bonchev–Trinajstić information content (AvgIpc) is 3.37. The van der Waals surface area contributed by atoms with E-state index in [1.165, 1.54) is 21.6 Å². The molecule has 5 rings (SSSR count). The number of rotatable bonds is 4. The molecule has 1 unspecified atom stereocenters. The summed E-state index contributed by atoms with van der Waals surface area (Å²) in [6.07, 6.45) is 0.986. The number of thiophene rings is 1. The largest absolute Gasteiger partial charge is 0.338 e. The van der Waals surface area contributed by atoms with E-state index in [0.717, 1.165) is 13.0 Å². The number of amides is 2. The molecular formula is C30H35N3O2S. The van der Waals surface area contributed by atoms with E-state index in [2.05, 4.69) is 61.4 Å². The van der Waals surface area contributed by atoms with Crippen molar-refractivity contribution in [1.29, 1.82) is 0 Å². The molecule has 188 valence electrons. The van der Waals surface area contributed by atoms with Crippen LogP contribution in [0.5, 0.6) is 0 Å². The molecular weight excluding hydrogens is 466 g/mol. The Morgan fingerprint density at radius 2 is 1.53 bits per heavy atom. The maximum atomic E-state index is 13.4. The first-order chi connectivity index (χ1) is 17.3. The Morgan fingerprint density at radius 1 is 0.861 bits per heavy atom. The fourth-order valence-electron chi connectivity index (χ4n) is 5.29. The van der Waals surface area contributed by atoms with Crippen LogP contribution in [0.3, 0.4) is 0 Å². The molecule has 1 saturated heterocycles. The Kier molecular flexibility index (Phi) is 7.00. The SMILES string of the molecule is CC(C)(C)c1ccc(C(=O)N2CCN(C(=O)CN3CCc4sccc4C3c3ccccc3)CC2)cc1. The molecule has 3 aromatic rings. The molecule has 2 aliphatic rings. The summed E-state index contributed by atoms with van der Waals surface area (Å²) in [5, 5.41) is 2.17. The standard InChI is InChI=1S/C30H35N3O2S/c1-30(2,3)24-11-9-23(10-12-24)29(35)32-18-16-31(17-19-32)27(34)21-33-15-13-26-25(14-20-36-26)28(33)22-7-5-4-6-8-22/h4-12,14,20,28H,13,15-19,21H2,1-3H3. The smallest absolute Gasteiger partial charge is 0.253 e. The highest BCUT2D eigenvalue weighted by atomic mass is 32.1. The van der Waals surface area contributed by atoms with Gasteiger partial charge >= 0.3 is 0 Å². The monoisotopic (exact) mass is 501 g/mol. The van der Waals surface area contributed by atoms with E-state index in [1.807, 2.05) is 51.5 Å². The van der Waals surface area contributed by atoms with E-state index in [4.69, 9.17) is 0 Å². The number of piperazine rings is 1. The molecule has 0 bridgehead atoms. The van der Waals surface area contributed by atoms with Gasteiger partial charge in [0.2, 0.25) is 5.91 Å². The van der Waals surface area contributed by atoms with Gasteiger partial charge in [0.25, 0.3) is 5.91 Å². The Hall–Kier alpha value is -2.96. The minimum absolute atomic E-state index is 0.0488. The van der Waals surface area contributed by atoms with Crippen molar-refractivity contribution in [2.24, 2.45) is 0 Å². The van der Waals surface area contributed by atoms with E-state index in [0.29, 0.717) is 38.3 Å². The predicted octanol–water partition coefficient (Wildman–Crippen LogP) is 4.98. The van der Waals surface area contributed by atoms with Crippen LogP contribution in [0, 0.1) is 0 Å². The zero-order valence-electron chi connectivity index (χ0n) is 21.4. The van der Waals surface area contributed by atoms with Crippen LogP contribution in [-0.4, -0.2) is 65.8 Å². The van der Waals surface area contributed by atoms with E-state index in [-0.39, 0.29) is 23.3 Å². The van der Waals surface area contributed by atoms with Gasteiger partial charge in [0, 0.05) is 43.2 Å². The second-order valence-corrected chi connectivity index (χ2v) is 11.8. The molecule has 36 heavy (non-hydrogen) atoms. The first-order valence-corrected chi connectivity index (χ1v) is 13.7. The number of fused-ring (bicyclic) bond motifs is 1. The molecule has 3 heterocycles. The molecule has 1 aromatic heterocycles. The maximum Gasteiger partial charge on any atom is 0.253 e. The zero-order valence-corrected chi connectivity index (χ0v) is 22.3. The fourth-order valence-corrected chi connectivity index (χ4v) is 6.20. The van der Waals surface area contributed by atoms with Gasteiger partial charge in [-0.25, -0.2) is 0 Å². The molecule has 2 aromatic carbocycles. The van der Waals surface area contributed by atoms with Gasteiger partial charge in [-0.05, 0) is 52.1 Å². The minimum atomic E-state index is 0.0488. The number of hydrogen-bond donors (Lipinski definition) is 0. The van der Waals surface area contributed by atoms with Crippen molar-refractivity contribution in [3.05, 3.63) is 93.2 Å². The molecule has 1 fully saturated rings. The topological polar surface area (TPSA) is 43.9 Å². The van der Waals surface area contributed by atoms with Crippen molar-refractivity contribution in [2.45, 2.75) is 38.6 Å². The van der Waals surface area contributed by atoms with Crippen LogP contribution < -0.4 is 0 Å². The highest BCUT2D eigenvalue weighted by Crippen LogP contribution is 2.37. The molecule has 0 aliphatic carbocycles. The van der Waals surface area contributed by atoms with Gasteiger partial charge in [0.05, 0.1) is 12.6 Å². The zero-order chi connectivity index (χ0) is 25.3. The van der Waals surface area contributed by atoms with Crippen molar-refractivity contribution >= 4 is 23.2 Å². The Morgan fingerprint density at radius 3 is 2.19 bits per heavy atom. The Bertz CT molecular complexity index is 1200. The molecule has 0 N–H and O–H groups in total. The molecule has 2 amide bonds. The second-order valence-electron chi connectivity index (χ2n) is 10.8. The van der Waals surface area contributed by atoms with Crippen LogP contribution in [0.15, 0.2) is 66.0 Å². The first kappa shape index (κ1) is 24.7. The van der Waals surface area contributed by atoms with Crippen molar-refractivity contribution < 1.29 is 9.59 Å². The molecule has 6 heteroatoms. The van der Waals surface area contributed by atoms with Gasteiger partial charge in [-0.15, -0.1) is 11.3 Å². The van der Waals surface area contributed by atoms with Gasteiger partial charge in [-0.2, -0.15) is 0 Å². The number of benzene rings is 2. The molecule has 0 saturated carbocycles. The molecule has 0 radical (unpaired) electrons. The lowest BCUT2D eigenvalue weighted by Crippen LogP contribution is -2.53. The number of nitrogens with zero attached hydrogens (tertiary/aromatic N) is 3. The summed E-state index contributed by atoms with van der Waals surface area (Å²) in [6.45, 7) is 10.1. The number of hydrogen-bond acceptors (Lipinski definition) is 4. The van der Waals surface area contributed by atoms with Gasteiger partial charge in [-0.3, -0.25) is 14.5 Å². The van der Waals surface area contributed by atoms with E-state index in [9.17, 15) is 9.59 Å². The van der Waals surface area contributed by atoms with Gasteiger partial charge in [0.15, 0.2) is 0 Å². The third kappa shape index (κ3) is 5.11. The summed E-state index contributed by atoms with van der Waals surface area (Å²) in [6, 6.07) is 20.8. The van der Waals surface area contributed by atoms with Crippen LogP contribution in [0.25, 0.3) is 0 Å².